The molecule has 3 nitrogen and oxygen atoms in total. The smallest absolute Gasteiger partial charge is 0.214 e. The van der Waals surface area contributed by atoms with Gasteiger partial charge in [0.25, 0.3) is 0 Å². The lowest BCUT2D eigenvalue weighted by atomic mass is 10.1. The largest absolute Gasteiger partial charge is 0.473 e. The highest BCUT2D eigenvalue weighted by Gasteiger charge is 2.04. The third kappa shape index (κ3) is 4.32. The van der Waals surface area contributed by atoms with Gasteiger partial charge in [0.2, 0.25) is 5.88 Å². The number of halogens is 1. The Morgan fingerprint density at radius 3 is 2.75 bits per heavy atom. The van der Waals surface area contributed by atoms with Gasteiger partial charge < -0.3 is 10.5 Å². The molecule has 0 unspecified atom stereocenters. The number of aryl methyl sites for hydroxylation is 1. The van der Waals surface area contributed by atoms with E-state index in [1.54, 1.807) is 0 Å². The Bertz CT molecular complexity index is 572. The van der Waals surface area contributed by atoms with Crippen LogP contribution in [0.1, 0.15) is 30.2 Å². The summed E-state index contributed by atoms with van der Waals surface area (Å²) in [4.78, 5) is 4.52. The molecule has 2 aromatic rings. The SMILES string of the molecule is CCCc1cc(CN)cc(OCc2cccc(Br)c2)n1. The molecule has 106 valence electrons. The highest BCUT2D eigenvalue weighted by molar-refractivity contribution is 9.10. The first kappa shape index (κ1) is 15.0. The number of nitrogens with zero attached hydrogens (tertiary/aromatic N) is 1. The van der Waals surface area contributed by atoms with Crippen molar-refractivity contribution in [1.29, 1.82) is 0 Å². The van der Waals surface area contributed by atoms with Gasteiger partial charge in [-0.25, -0.2) is 4.98 Å². The monoisotopic (exact) mass is 334 g/mol. The van der Waals surface area contributed by atoms with E-state index in [-0.39, 0.29) is 0 Å². The van der Waals surface area contributed by atoms with Crippen LogP contribution in [0.4, 0.5) is 0 Å². The normalized spacial score (nSPS) is 10.6. The van der Waals surface area contributed by atoms with Crippen LogP contribution in [0.15, 0.2) is 40.9 Å². The molecule has 0 saturated heterocycles. The van der Waals surface area contributed by atoms with Crippen molar-refractivity contribution in [3.8, 4) is 5.88 Å². The first-order valence-corrected chi connectivity index (χ1v) is 7.57. The van der Waals surface area contributed by atoms with Crippen LogP contribution in [-0.2, 0) is 19.6 Å². The van der Waals surface area contributed by atoms with Crippen molar-refractivity contribution in [2.24, 2.45) is 5.73 Å². The Balaban J connectivity index is 2.10. The van der Waals surface area contributed by atoms with E-state index in [1.807, 2.05) is 30.3 Å². The van der Waals surface area contributed by atoms with Crippen molar-refractivity contribution in [2.75, 3.05) is 0 Å². The fourth-order valence-corrected chi connectivity index (χ4v) is 2.43. The molecule has 0 atom stereocenters. The fraction of sp³-hybridized carbons (Fsp3) is 0.312. The number of pyridine rings is 1. The highest BCUT2D eigenvalue weighted by Crippen LogP contribution is 2.17. The maximum atomic E-state index is 5.79. The number of ether oxygens (including phenoxy) is 1. The van der Waals surface area contributed by atoms with E-state index in [2.05, 4.69) is 33.9 Å². The van der Waals surface area contributed by atoms with Gasteiger partial charge in [-0.3, -0.25) is 0 Å². The van der Waals surface area contributed by atoms with Crippen LogP contribution in [0.5, 0.6) is 5.88 Å². The number of aromatic nitrogens is 1. The lowest BCUT2D eigenvalue weighted by Crippen LogP contribution is -2.03. The van der Waals surface area contributed by atoms with Gasteiger partial charge in [0.05, 0.1) is 0 Å². The van der Waals surface area contributed by atoms with Gasteiger partial charge in [-0.05, 0) is 35.7 Å². The number of benzene rings is 1. The van der Waals surface area contributed by atoms with E-state index >= 15 is 0 Å². The van der Waals surface area contributed by atoms with Crippen molar-refractivity contribution in [2.45, 2.75) is 32.9 Å². The van der Waals surface area contributed by atoms with E-state index in [0.717, 1.165) is 34.1 Å². The Labute approximate surface area is 128 Å². The summed E-state index contributed by atoms with van der Waals surface area (Å²) in [6.45, 7) is 3.15. The van der Waals surface area contributed by atoms with Crippen LogP contribution in [0.25, 0.3) is 0 Å². The number of hydrogen-bond acceptors (Lipinski definition) is 3. The maximum absolute atomic E-state index is 5.79. The van der Waals surface area contributed by atoms with Gasteiger partial charge in [-0.2, -0.15) is 0 Å². The van der Waals surface area contributed by atoms with Crippen LogP contribution in [-0.4, -0.2) is 4.98 Å². The lowest BCUT2D eigenvalue weighted by molar-refractivity contribution is 0.292. The molecule has 1 heterocycles. The van der Waals surface area contributed by atoms with E-state index in [1.165, 1.54) is 0 Å². The Kier molecular flexibility index (Phi) is 5.56. The Hall–Kier alpha value is -1.39. The molecule has 0 spiro atoms. The second-order valence-corrected chi connectivity index (χ2v) is 5.59. The summed E-state index contributed by atoms with van der Waals surface area (Å²) in [5, 5.41) is 0. The zero-order valence-electron chi connectivity index (χ0n) is 11.6. The summed E-state index contributed by atoms with van der Waals surface area (Å²) < 4.78 is 6.84. The Morgan fingerprint density at radius 2 is 2.05 bits per heavy atom. The first-order chi connectivity index (χ1) is 9.71. The van der Waals surface area contributed by atoms with E-state index < -0.39 is 0 Å². The van der Waals surface area contributed by atoms with Crippen molar-refractivity contribution < 1.29 is 4.74 Å². The van der Waals surface area contributed by atoms with Crippen molar-refractivity contribution in [3.05, 3.63) is 57.7 Å². The molecule has 0 fully saturated rings. The second-order valence-electron chi connectivity index (χ2n) is 4.68. The molecule has 1 aromatic heterocycles. The molecule has 0 bridgehead atoms. The summed E-state index contributed by atoms with van der Waals surface area (Å²) in [5.74, 6) is 0.649. The summed E-state index contributed by atoms with van der Waals surface area (Å²) in [5.41, 5.74) is 8.93. The number of rotatable bonds is 6. The summed E-state index contributed by atoms with van der Waals surface area (Å²) in [6, 6.07) is 12.0. The topological polar surface area (TPSA) is 48.1 Å². The quantitative estimate of drug-likeness (QED) is 0.873. The summed E-state index contributed by atoms with van der Waals surface area (Å²) in [6.07, 6.45) is 2.01. The predicted octanol–water partition coefficient (Wildman–Crippen LogP) is 3.83. The lowest BCUT2D eigenvalue weighted by Gasteiger charge is -2.09. The zero-order valence-corrected chi connectivity index (χ0v) is 13.2. The molecule has 0 saturated carbocycles. The van der Waals surface area contributed by atoms with Gasteiger partial charge in [0.15, 0.2) is 0 Å². The average molecular weight is 335 g/mol. The zero-order chi connectivity index (χ0) is 14.4. The molecule has 0 radical (unpaired) electrons. The molecule has 2 N–H and O–H groups in total. The number of hydrogen-bond donors (Lipinski definition) is 1. The second kappa shape index (κ2) is 7.41. The molecular formula is C16H19BrN2O. The number of nitrogens with two attached hydrogens (primary N) is 1. The third-order valence-corrected chi connectivity index (χ3v) is 3.43. The standard InChI is InChI=1S/C16H19BrN2O/c1-2-4-15-8-13(10-18)9-16(19-15)20-11-12-5-3-6-14(17)7-12/h3,5-9H,2,4,10-11,18H2,1H3. The van der Waals surface area contributed by atoms with Crippen molar-refractivity contribution in [1.82, 2.24) is 4.98 Å². The van der Waals surface area contributed by atoms with Crippen molar-refractivity contribution in [3.63, 3.8) is 0 Å². The van der Waals surface area contributed by atoms with Gasteiger partial charge in [-0.1, -0.05) is 41.4 Å². The minimum Gasteiger partial charge on any atom is -0.473 e. The minimum absolute atomic E-state index is 0.506. The van der Waals surface area contributed by atoms with Crippen molar-refractivity contribution >= 4 is 15.9 Å². The molecular weight excluding hydrogens is 316 g/mol. The molecule has 2 rings (SSSR count). The molecule has 0 amide bonds. The van der Waals surface area contributed by atoms with E-state index in [0.29, 0.717) is 19.0 Å². The molecule has 0 aliphatic carbocycles. The van der Waals surface area contributed by atoms with Crippen LogP contribution >= 0.6 is 15.9 Å². The first-order valence-electron chi connectivity index (χ1n) is 6.78. The molecule has 0 aliphatic heterocycles. The van der Waals surface area contributed by atoms with E-state index in [9.17, 15) is 0 Å². The van der Waals surface area contributed by atoms with Crippen LogP contribution in [0, 0.1) is 0 Å². The van der Waals surface area contributed by atoms with Gasteiger partial charge in [0.1, 0.15) is 6.61 Å². The Morgan fingerprint density at radius 1 is 1.20 bits per heavy atom. The van der Waals surface area contributed by atoms with Gasteiger partial charge in [-0.15, -0.1) is 0 Å². The van der Waals surface area contributed by atoms with E-state index in [4.69, 9.17) is 10.5 Å². The molecule has 20 heavy (non-hydrogen) atoms. The van der Waals surface area contributed by atoms with Crippen LogP contribution in [0.3, 0.4) is 0 Å². The molecule has 4 heteroatoms. The maximum Gasteiger partial charge on any atom is 0.214 e. The third-order valence-electron chi connectivity index (χ3n) is 2.93. The van der Waals surface area contributed by atoms with Gasteiger partial charge >= 0.3 is 0 Å². The summed E-state index contributed by atoms with van der Waals surface area (Å²) in [7, 11) is 0. The summed E-state index contributed by atoms with van der Waals surface area (Å²) >= 11 is 3.46. The molecule has 0 aliphatic rings. The average Bonchev–Trinajstić information content (AvgIpc) is 2.45. The highest BCUT2D eigenvalue weighted by atomic mass is 79.9. The molecule has 1 aromatic carbocycles. The minimum atomic E-state index is 0.506. The van der Waals surface area contributed by atoms with Crippen LogP contribution in [0.2, 0.25) is 0 Å². The van der Waals surface area contributed by atoms with Crippen LogP contribution < -0.4 is 10.5 Å². The predicted molar refractivity (Wildman–Crippen MR) is 84.6 cm³/mol. The van der Waals surface area contributed by atoms with Gasteiger partial charge in [0, 0.05) is 22.8 Å². The fourth-order valence-electron chi connectivity index (χ4n) is 1.98.